The Hall–Kier alpha value is -0.243. The van der Waals surface area contributed by atoms with Gasteiger partial charge in [0.25, 0.3) is 0 Å². The predicted molar refractivity (Wildman–Crippen MR) is 48.5 cm³/mol. The van der Waals surface area contributed by atoms with Crippen LogP contribution in [0.4, 0.5) is 0 Å². The lowest BCUT2D eigenvalue weighted by Crippen LogP contribution is -2.26. The molecule has 0 spiro atoms. The van der Waals surface area contributed by atoms with Crippen LogP contribution in [0.25, 0.3) is 0 Å². The van der Waals surface area contributed by atoms with E-state index in [2.05, 4.69) is 33.0 Å². The SMILES string of the molecule is CC/C=C\O[Si](C)(C)CC. The normalized spacial score (nSPS) is 12.4. The highest BCUT2D eigenvalue weighted by Gasteiger charge is 2.18. The van der Waals surface area contributed by atoms with E-state index in [1.54, 1.807) is 0 Å². The topological polar surface area (TPSA) is 9.23 Å². The van der Waals surface area contributed by atoms with Crippen molar-refractivity contribution < 1.29 is 4.43 Å². The number of hydrogen-bond donors (Lipinski definition) is 0. The molecule has 0 heterocycles. The summed E-state index contributed by atoms with van der Waals surface area (Å²) in [6, 6.07) is 1.18. The van der Waals surface area contributed by atoms with Crippen molar-refractivity contribution in [1.29, 1.82) is 0 Å². The summed E-state index contributed by atoms with van der Waals surface area (Å²) in [5.41, 5.74) is 0. The fourth-order valence-corrected chi connectivity index (χ4v) is 1.04. The van der Waals surface area contributed by atoms with E-state index in [-0.39, 0.29) is 0 Å². The molecule has 0 aliphatic rings. The van der Waals surface area contributed by atoms with Crippen molar-refractivity contribution in [3.05, 3.63) is 12.3 Å². The molecule has 0 radical (unpaired) electrons. The van der Waals surface area contributed by atoms with Crippen molar-refractivity contribution in [1.82, 2.24) is 0 Å². The standard InChI is InChI=1S/C8H18OSi/c1-5-7-8-9-10(3,4)6-2/h7-8H,5-6H2,1-4H3/b8-7-. The van der Waals surface area contributed by atoms with Crippen molar-refractivity contribution in [3.63, 3.8) is 0 Å². The Morgan fingerprint density at radius 3 is 2.30 bits per heavy atom. The summed E-state index contributed by atoms with van der Waals surface area (Å²) in [7, 11) is -1.30. The number of allylic oxidation sites excluding steroid dienone is 1. The first-order valence-corrected chi connectivity index (χ1v) is 7.06. The highest BCUT2D eigenvalue weighted by molar-refractivity contribution is 6.71. The zero-order valence-corrected chi connectivity index (χ0v) is 8.48. The second kappa shape index (κ2) is 4.55. The molecule has 2 heteroatoms. The molecular weight excluding hydrogens is 140 g/mol. The zero-order valence-electron chi connectivity index (χ0n) is 7.48. The molecule has 0 amide bonds. The van der Waals surface area contributed by atoms with Crippen LogP contribution in [0.15, 0.2) is 12.3 Å². The van der Waals surface area contributed by atoms with Gasteiger partial charge >= 0.3 is 0 Å². The van der Waals surface area contributed by atoms with Gasteiger partial charge in [0.05, 0.1) is 6.26 Å². The quantitative estimate of drug-likeness (QED) is 0.451. The molecule has 0 aromatic carbocycles. The summed E-state index contributed by atoms with van der Waals surface area (Å²) < 4.78 is 5.58. The van der Waals surface area contributed by atoms with E-state index in [0.717, 1.165) is 6.42 Å². The first kappa shape index (κ1) is 9.76. The lowest BCUT2D eigenvalue weighted by atomic mass is 10.5. The second-order valence-electron chi connectivity index (χ2n) is 3.01. The first-order chi connectivity index (χ1) is 4.62. The molecule has 0 rings (SSSR count). The van der Waals surface area contributed by atoms with Crippen LogP contribution >= 0.6 is 0 Å². The summed E-state index contributed by atoms with van der Waals surface area (Å²) in [5.74, 6) is 0. The molecule has 0 fully saturated rings. The summed E-state index contributed by atoms with van der Waals surface area (Å²) >= 11 is 0. The summed E-state index contributed by atoms with van der Waals surface area (Å²) in [6.45, 7) is 8.76. The highest BCUT2D eigenvalue weighted by Crippen LogP contribution is 2.09. The number of hydrogen-bond acceptors (Lipinski definition) is 1. The molecule has 0 saturated carbocycles. The molecule has 60 valence electrons. The van der Waals surface area contributed by atoms with Crippen LogP contribution in [0, 0.1) is 0 Å². The molecule has 1 nitrogen and oxygen atoms in total. The molecule has 0 aromatic rings. The van der Waals surface area contributed by atoms with Gasteiger partial charge in [-0.25, -0.2) is 0 Å². The van der Waals surface area contributed by atoms with Gasteiger partial charge < -0.3 is 4.43 Å². The minimum atomic E-state index is -1.30. The Labute approximate surface area is 65.2 Å². The van der Waals surface area contributed by atoms with Crippen LogP contribution in [0.5, 0.6) is 0 Å². The molecule has 0 unspecified atom stereocenters. The van der Waals surface area contributed by atoms with Crippen LogP contribution in [0.2, 0.25) is 19.1 Å². The molecular formula is C8H18OSi. The third kappa shape index (κ3) is 4.62. The van der Waals surface area contributed by atoms with Gasteiger partial charge in [0.2, 0.25) is 8.32 Å². The minimum Gasteiger partial charge on any atom is -0.550 e. The molecule has 0 aromatic heterocycles. The predicted octanol–water partition coefficient (Wildman–Crippen LogP) is 3.15. The molecule has 0 bridgehead atoms. The third-order valence-corrected chi connectivity index (χ3v) is 4.05. The summed E-state index contributed by atoms with van der Waals surface area (Å²) in [6.07, 6.45) is 4.98. The average molecular weight is 158 g/mol. The van der Waals surface area contributed by atoms with Gasteiger partial charge in [-0.2, -0.15) is 0 Å². The molecule has 0 atom stereocenters. The Morgan fingerprint density at radius 1 is 1.30 bits per heavy atom. The Bertz CT molecular complexity index is 108. The fraction of sp³-hybridized carbons (Fsp3) is 0.750. The van der Waals surface area contributed by atoms with Gasteiger partial charge in [-0.3, -0.25) is 0 Å². The van der Waals surface area contributed by atoms with Gasteiger partial charge in [-0.05, 0) is 25.6 Å². The van der Waals surface area contributed by atoms with E-state index in [1.807, 2.05) is 6.26 Å². The third-order valence-electron chi connectivity index (χ3n) is 1.57. The maximum absolute atomic E-state index is 5.58. The van der Waals surface area contributed by atoms with Crippen molar-refractivity contribution in [2.45, 2.75) is 39.4 Å². The van der Waals surface area contributed by atoms with E-state index in [1.165, 1.54) is 6.04 Å². The molecule has 10 heavy (non-hydrogen) atoms. The van der Waals surface area contributed by atoms with Crippen LogP contribution in [-0.2, 0) is 4.43 Å². The van der Waals surface area contributed by atoms with Crippen molar-refractivity contribution >= 4 is 8.32 Å². The van der Waals surface area contributed by atoms with Crippen LogP contribution in [0.1, 0.15) is 20.3 Å². The summed E-state index contributed by atoms with van der Waals surface area (Å²) in [5, 5.41) is 0. The Kier molecular flexibility index (Phi) is 4.44. The summed E-state index contributed by atoms with van der Waals surface area (Å²) in [4.78, 5) is 0. The van der Waals surface area contributed by atoms with Crippen LogP contribution < -0.4 is 0 Å². The first-order valence-electron chi connectivity index (χ1n) is 3.95. The van der Waals surface area contributed by atoms with Gasteiger partial charge in [-0.1, -0.05) is 19.9 Å². The second-order valence-corrected chi connectivity index (χ2v) is 7.47. The lowest BCUT2D eigenvalue weighted by Gasteiger charge is -2.18. The average Bonchev–Trinajstić information content (AvgIpc) is 1.89. The molecule has 0 N–H and O–H groups in total. The van der Waals surface area contributed by atoms with Crippen LogP contribution in [0.3, 0.4) is 0 Å². The smallest absolute Gasteiger partial charge is 0.244 e. The molecule has 0 aliphatic carbocycles. The van der Waals surface area contributed by atoms with Gasteiger partial charge in [0.15, 0.2) is 0 Å². The maximum atomic E-state index is 5.58. The van der Waals surface area contributed by atoms with E-state index < -0.39 is 8.32 Å². The van der Waals surface area contributed by atoms with Crippen molar-refractivity contribution in [2.24, 2.45) is 0 Å². The van der Waals surface area contributed by atoms with E-state index in [0.29, 0.717) is 0 Å². The Morgan fingerprint density at radius 2 is 1.90 bits per heavy atom. The van der Waals surface area contributed by atoms with Crippen LogP contribution in [-0.4, -0.2) is 8.32 Å². The van der Waals surface area contributed by atoms with Crippen molar-refractivity contribution in [2.75, 3.05) is 0 Å². The highest BCUT2D eigenvalue weighted by atomic mass is 28.4. The van der Waals surface area contributed by atoms with E-state index in [4.69, 9.17) is 4.43 Å². The van der Waals surface area contributed by atoms with Crippen molar-refractivity contribution in [3.8, 4) is 0 Å². The van der Waals surface area contributed by atoms with E-state index in [9.17, 15) is 0 Å². The minimum absolute atomic E-state index is 1.06. The largest absolute Gasteiger partial charge is 0.550 e. The Balaban J connectivity index is 3.56. The zero-order chi connectivity index (χ0) is 8.04. The van der Waals surface area contributed by atoms with Gasteiger partial charge in [0, 0.05) is 0 Å². The fourth-order valence-electron chi connectivity index (χ4n) is 0.412. The van der Waals surface area contributed by atoms with Gasteiger partial charge in [-0.15, -0.1) is 0 Å². The van der Waals surface area contributed by atoms with Gasteiger partial charge in [0.1, 0.15) is 0 Å². The molecule has 0 aliphatic heterocycles. The van der Waals surface area contributed by atoms with E-state index >= 15 is 0 Å². The lowest BCUT2D eigenvalue weighted by molar-refractivity contribution is 0.470. The monoisotopic (exact) mass is 158 g/mol. The molecule has 0 saturated heterocycles. The maximum Gasteiger partial charge on any atom is 0.244 e. The number of rotatable bonds is 4.